The Hall–Kier alpha value is -4.79. The van der Waals surface area contributed by atoms with Crippen LogP contribution in [0, 0.1) is 0 Å². The largest absolute Gasteiger partial charge is 0.497 e. The maximum atomic E-state index is 13.9. The summed E-state index contributed by atoms with van der Waals surface area (Å²) >= 11 is 0. The molecule has 1 aliphatic heterocycles. The molecule has 0 bridgehead atoms. The molecule has 1 aromatic heterocycles. The summed E-state index contributed by atoms with van der Waals surface area (Å²) in [6.07, 6.45) is 0.434. The second-order valence-electron chi connectivity index (χ2n) is 12.2. The van der Waals surface area contributed by atoms with E-state index in [1.807, 2.05) is 94.6 Å². The Labute approximate surface area is 277 Å². The highest BCUT2D eigenvalue weighted by Gasteiger charge is 2.36. The van der Waals surface area contributed by atoms with Gasteiger partial charge in [0.25, 0.3) is 0 Å². The highest BCUT2D eigenvalue weighted by Crippen LogP contribution is 2.53. The molecule has 0 amide bonds. The summed E-state index contributed by atoms with van der Waals surface area (Å²) in [5.74, 6) is 3.28. The molecule has 0 spiro atoms. The average Bonchev–Trinajstić information content (AvgIpc) is 3.38. The molecule has 9 heteroatoms. The fourth-order valence-corrected chi connectivity index (χ4v) is 6.14. The lowest BCUT2D eigenvalue weighted by molar-refractivity contribution is 0.0589. The van der Waals surface area contributed by atoms with Crippen molar-refractivity contribution in [2.45, 2.75) is 72.8 Å². The van der Waals surface area contributed by atoms with Gasteiger partial charge in [0.15, 0.2) is 11.5 Å². The number of hydrogen-bond donors (Lipinski definition) is 0. The van der Waals surface area contributed by atoms with Crippen molar-refractivity contribution >= 4 is 5.97 Å². The standard InChI is InChI=1S/C38H45NO8/c1-21(2)45-26-11-13-27(31(19-26)46-22(3)4)34-35(29-18-25(41-7)12-14-30(29)42-8)36-28-20-32(43-9)33(47-23(5)6)17-24(28)15-16-39(36)37(34)38(40)44-10/h11-14,17-23H,15-16H2,1-10H3. The van der Waals surface area contributed by atoms with Crippen LogP contribution < -0.4 is 28.4 Å². The van der Waals surface area contributed by atoms with Crippen LogP contribution in [0.5, 0.6) is 34.5 Å². The molecule has 0 unspecified atom stereocenters. The Morgan fingerprint density at radius 1 is 0.617 bits per heavy atom. The molecule has 250 valence electrons. The molecule has 9 nitrogen and oxygen atoms in total. The molecule has 4 aromatic rings. The smallest absolute Gasteiger partial charge is 0.355 e. The number of ether oxygens (including phenoxy) is 7. The van der Waals surface area contributed by atoms with Gasteiger partial charge in [0, 0.05) is 40.4 Å². The van der Waals surface area contributed by atoms with E-state index >= 15 is 0 Å². The first kappa shape index (κ1) is 33.6. The Kier molecular flexibility index (Phi) is 9.94. The summed E-state index contributed by atoms with van der Waals surface area (Å²) in [4.78, 5) is 13.9. The van der Waals surface area contributed by atoms with Crippen LogP contribution in [0.15, 0.2) is 48.5 Å². The number of nitrogens with zero attached hydrogens (tertiary/aromatic N) is 1. The number of rotatable bonds is 12. The number of aromatic nitrogens is 1. The predicted octanol–water partition coefficient (Wildman–Crippen LogP) is 8.22. The van der Waals surface area contributed by atoms with Crippen molar-refractivity contribution < 1.29 is 38.0 Å². The molecule has 5 rings (SSSR count). The van der Waals surface area contributed by atoms with Gasteiger partial charge in [-0.15, -0.1) is 0 Å². The van der Waals surface area contributed by atoms with Gasteiger partial charge in [-0.05, 0) is 96.0 Å². The second kappa shape index (κ2) is 13.9. The zero-order valence-electron chi connectivity index (χ0n) is 29.0. The molecule has 0 radical (unpaired) electrons. The third-order valence-electron chi connectivity index (χ3n) is 7.89. The summed E-state index contributed by atoms with van der Waals surface area (Å²) in [6, 6.07) is 15.4. The molecule has 3 aromatic carbocycles. The molecule has 0 aliphatic carbocycles. The number of methoxy groups -OCH3 is 4. The third-order valence-corrected chi connectivity index (χ3v) is 7.89. The minimum atomic E-state index is -0.470. The van der Waals surface area contributed by atoms with Crippen LogP contribution in [0.2, 0.25) is 0 Å². The van der Waals surface area contributed by atoms with Crippen molar-refractivity contribution in [3.8, 4) is 68.0 Å². The fraction of sp³-hybridized carbons (Fsp3) is 0.395. The number of carbonyl (C=O) groups excluding carboxylic acids is 1. The Morgan fingerprint density at radius 2 is 1.28 bits per heavy atom. The number of esters is 1. The first-order valence-corrected chi connectivity index (χ1v) is 15.9. The number of carbonyl (C=O) groups is 1. The summed E-state index contributed by atoms with van der Waals surface area (Å²) in [5.41, 5.74) is 6.08. The van der Waals surface area contributed by atoms with Crippen molar-refractivity contribution in [2.24, 2.45) is 0 Å². The highest BCUT2D eigenvalue weighted by atomic mass is 16.5. The van der Waals surface area contributed by atoms with E-state index in [0.29, 0.717) is 64.3 Å². The first-order chi connectivity index (χ1) is 22.5. The summed E-state index contributed by atoms with van der Waals surface area (Å²) < 4.78 is 43.7. The van der Waals surface area contributed by atoms with Crippen molar-refractivity contribution in [2.75, 3.05) is 28.4 Å². The Balaban J connectivity index is 1.96. The van der Waals surface area contributed by atoms with Gasteiger partial charge in [-0.1, -0.05) is 0 Å². The Morgan fingerprint density at radius 3 is 1.89 bits per heavy atom. The molecular formula is C38H45NO8. The normalized spacial score (nSPS) is 12.1. The van der Waals surface area contributed by atoms with Gasteiger partial charge in [-0.3, -0.25) is 0 Å². The Bertz CT molecular complexity index is 1770. The molecule has 1 aliphatic rings. The highest BCUT2D eigenvalue weighted by molar-refractivity contribution is 6.08. The van der Waals surface area contributed by atoms with Crippen LogP contribution in [0.1, 0.15) is 57.6 Å². The lowest BCUT2D eigenvalue weighted by Gasteiger charge is -2.25. The maximum absolute atomic E-state index is 13.9. The van der Waals surface area contributed by atoms with Crippen LogP contribution in [-0.2, 0) is 17.7 Å². The lowest BCUT2D eigenvalue weighted by Crippen LogP contribution is -2.18. The van der Waals surface area contributed by atoms with E-state index in [1.165, 1.54) is 7.11 Å². The monoisotopic (exact) mass is 643 g/mol. The summed E-state index contributed by atoms with van der Waals surface area (Å²) in [7, 11) is 6.29. The number of benzene rings is 3. The van der Waals surface area contributed by atoms with E-state index in [1.54, 1.807) is 21.3 Å². The third kappa shape index (κ3) is 6.57. The van der Waals surface area contributed by atoms with Crippen LogP contribution in [0.3, 0.4) is 0 Å². The number of hydrogen-bond acceptors (Lipinski definition) is 8. The summed E-state index contributed by atoms with van der Waals surface area (Å²) in [6.45, 7) is 12.4. The number of aryl methyl sites for hydroxylation is 1. The molecule has 0 saturated heterocycles. The number of fused-ring (bicyclic) bond motifs is 3. The molecule has 2 heterocycles. The predicted molar refractivity (Wildman–Crippen MR) is 183 cm³/mol. The average molecular weight is 644 g/mol. The van der Waals surface area contributed by atoms with E-state index in [2.05, 4.69) is 0 Å². The van der Waals surface area contributed by atoms with Crippen LogP contribution in [0.25, 0.3) is 33.5 Å². The van der Waals surface area contributed by atoms with Gasteiger partial charge in [0.05, 0.1) is 52.4 Å². The lowest BCUT2D eigenvalue weighted by atomic mass is 9.89. The van der Waals surface area contributed by atoms with Gasteiger partial charge in [-0.25, -0.2) is 4.79 Å². The molecule has 0 fully saturated rings. The minimum absolute atomic E-state index is 0.0344. The van der Waals surface area contributed by atoms with Gasteiger partial charge >= 0.3 is 5.97 Å². The van der Waals surface area contributed by atoms with Crippen LogP contribution >= 0.6 is 0 Å². The maximum Gasteiger partial charge on any atom is 0.355 e. The zero-order chi connectivity index (χ0) is 34.0. The molecule has 0 atom stereocenters. The first-order valence-electron chi connectivity index (χ1n) is 15.9. The van der Waals surface area contributed by atoms with E-state index in [9.17, 15) is 4.79 Å². The van der Waals surface area contributed by atoms with Crippen molar-refractivity contribution in [1.82, 2.24) is 4.57 Å². The molecule has 47 heavy (non-hydrogen) atoms. The van der Waals surface area contributed by atoms with Crippen LogP contribution in [-0.4, -0.2) is 57.3 Å². The summed E-state index contributed by atoms with van der Waals surface area (Å²) in [5, 5.41) is 0. The van der Waals surface area contributed by atoms with Gasteiger partial charge < -0.3 is 37.7 Å². The topological polar surface area (TPSA) is 86.6 Å². The van der Waals surface area contributed by atoms with E-state index < -0.39 is 5.97 Å². The molecule has 0 N–H and O–H groups in total. The van der Waals surface area contributed by atoms with Crippen molar-refractivity contribution in [1.29, 1.82) is 0 Å². The minimum Gasteiger partial charge on any atom is -0.497 e. The van der Waals surface area contributed by atoms with Gasteiger partial charge in [-0.2, -0.15) is 0 Å². The van der Waals surface area contributed by atoms with E-state index in [4.69, 9.17) is 33.2 Å². The quantitative estimate of drug-likeness (QED) is 0.143. The second-order valence-corrected chi connectivity index (χ2v) is 12.2. The zero-order valence-corrected chi connectivity index (χ0v) is 29.0. The SMILES string of the molecule is COC(=O)c1c(-c2ccc(OC(C)C)cc2OC(C)C)c(-c2cc(OC)ccc2OC)c2n1CCc1cc(OC(C)C)c(OC)cc1-2. The van der Waals surface area contributed by atoms with Crippen molar-refractivity contribution in [3.05, 3.63) is 59.8 Å². The fourth-order valence-electron chi connectivity index (χ4n) is 6.14. The van der Waals surface area contributed by atoms with Gasteiger partial charge in [0.1, 0.15) is 28.7 Å². The molecule has 0 saturated carbocycles. The van der Waals surface area contributed by atoms with Crippen molar-refractivity contribution in [3.63, 3.8) is 0 Å². The molecular weight excluding hydrogens is 598 g/mol. The van der Waals surface area contributed by atoms with Crippen LogP contribution in [0.4, 0.5) is 0 Å². The van der Waals surface area contributed by atoms with E-state index in [-0.39, 0.29) is 18.3 Å². The van der Waals surface area contributed by atoms with E-state index in [0.717, 1.165) is 27.9 Å². The van der Waals surface area contributed by atoms with Gasteiger partial charge in [0.2, 0.25) is 0 Å².